The van der Waals surface area contributed by atoms with Crippen LogP contribution in [-0.2, 0) is 6.42 Å². The van der Waals surface area contributed by atoms with E-state index >= 15 is 0 Å². The molecule has 8 heteroatoms. The quantitative estimate of drug-likeness (QED) is 0.645. The Morgan fingerprint density at radius 1 is 1.26 bits per heavy atom. The van der Waals surface area contributed by atoms with E-state index in [0.29, 0.717) is 24.6 Å². The number of carbonyl (C=O) groups excluding carboxylic acids is 1. The summed E-state index contributed by atoms with van der Waals surface area (Å²) in [6.45, 7) is 0.530. The molecule has 0 aliphatic heterocycles. The van der Waals surface area contributed by atoms with E-state index in [1.165, 1.54) is 0 Å². The van der Waals surface area contributed by atoms with Gasteiger partial charge in [-0.15, -0.1) is 5.10 Å². The molecule has 0 radical (unpaired) electrons. The third-order valence-electron chi connectivity index (χ3n) is 5.05. The number of hydrogen-bond acceptors (Lipinski definition) is 6. The van der Waals surface area contributed by atoms with E-state index in [4.69, 9.17) is 10.2 Å². The van der Waals surface area contributed by atoms with Gasteiger partial charge in [0.1, 0.15) is 5.52 Å². The number of fused-ring (bicyclic) bond motifs is 1. The van der Waals surface area contributed by atoms with Gasteiger partial charge in [0.25, 0.3) is 5.91 Å². The summed E-state index contributed by atoms with van der Waals surface area (Å²) < 4.78 is 7.48. The molecule has 0 saturated heterocycles. The second-order valence-corrected chi connectivity index (χ2v) is 7.09. The molecule has 1 aliphatic carbocycles. The number of rotatable bonds is 6. The minimum atomic E-state index is -0.202. The zero-order valence-corrected chi connectivity index (χ0v) is 15.2. The second kappa shape index (κ2) is 7.87. The van der Waals surface area contributed by atoms with E-state index in [1.807, 2.05) is 24.3 Å². The zero-order chi connectivity index (χ0) is 18.6. The number of aromatic nitrogens is 4. The van der Waals surface area contributed by atoms with Crippen LogP contribution < -0.4 is 11.1 Å². The lowest BCUT2D eigenvalue weighted by Crippen LogP contribution is -2.28. The lowest BCUT2D eigenvalue weighted by molar-refractivity contribution is 0.0948. The number of para-hydroxylation sites is 2. The average molecular weight is 368 g/mol. The molecule has 0 spiro atoms. The molecule has 1 aromatic carbocycles. The summed E-state index contributed by atoms with van der Waals surface area (Å²) in [6.07, 6.45) is 7.09. The van der Waals surface area contributed by atoms with Crippen molar-refractivity contribution in [2.45, 2.75) is 50.6 Å². The van der Waals surface area contributed by atoms with Gasteiger partial charge in [0.05, 0.1) is 12.2 Å². The van der Waals surface area contributed by atoms with Crippen LogP contribution >= 0.6 is 0 Å². The highest BCUT2D eigenvalue weighted by Crippen LogP contribution is 2.26. The maximum absolute atomic E-state index is 12.3. The van der Waals surface area contributed by atoms with Crippen molar-refractivity contribution in [3.63, 3.8) is 0 Å². The Bertz CT molecular complexity index is 877. The van der Waals surface area contributed by atoms with Crippen LogP contribution in [0.5, 0.6) is 0 Å². The number of aryl methyl sites for hydroxylation is 1. The molecule has 2 aromatic heterocycles. The van der Waals surface area contributed by atoms with Gasteiger partial charge >= 0.3 is 0 Å². The van der Waals surface area contributed by atoms with Gasteiger partial charge in [-0.2, -0.15) is 0 Å². The summed E-state index contributed by atoms with van der Waals surface area (Å²) in [6, 6.07) is 8.26. The van der Waals surface area contributed by atoms with Crippen molar-refractivity contribution in [3.8, 4) is 0 Å². The molecule has 1 aliphatic rings. The first-order valence-electron chi connectivity index (χ1n) is 9.49. The molecule has 1 fully saturated rings. The lowest BCUT2D eigenvalue weighted by Gasteiger charge is -2.25. The van der Waals surface area contributed by atoms with Crippen molar-refractivity contribution >= 4 is 17.0 Å². The van der Waals surface area contributed by atoms with E-state index in [1.54, 1.807) is 10.9 Å². The van der Waals surface area contributed by atoms with Crippen molar-refractivity contribution in [2.75, 3.05) is 6.54 Å². The van der Waals surface area contributed by atoms with Crippen LogP contribution in [0.1, 0.15) is 54.5 Å². The van der Waals surface area contributed by atoms with Crippen molar-refractivity contribution in [1.82, 2.24) is 25.3 Å². The molecule has 0 atom stereocenters. The molecule has 2 heterocycles. The number of nitrogens with two attached hydrogens (primary N) is 1. The van der Waals surface area contributed by atoms with Crippen molar-refractivity contribution in [2.24, 2.45) is 5.73 Å². The van der Waals surface area contributed by atoms with Crippen molar-refractivity contribution < 1.29 is 9.21 Å². The highest BCUT2D eigenvalue weighted by Gasteiger charge is 2.22. The maximum atomic E-state index is 12.3. The molecule has 0 unspecified atom stereocenters. The predicted molar refractivity (Wildman–Crippen MR) is 100 cm³/mol. The minimum absolute atomic E-state index is 0.202. The molecular weight excluding hydrogens is 344 g/mol. The van der Waals surface area contributed by atoms with Crippen LogP contribution in [0, 0.1) is 0 Å². The first-order valence-corrected chi connectivity index (χ1v) is 9.49. The first-order chi connectivity index (χ1) is 13.2. The third-order valence-corrected chi connectivity index (χ3v) is 5.05. The Morgan fingerprint density at radius 3 is 2.89 bits per heavy atom. The molecule has 1 amide bonds. The summed E-state index contributed by atoms with van der Waals surface area (Å²) in [5, 5.41) is 11.0. The van der Waals surface area contributed by atoms with E-state index < -0.39 is 0 Å². The minimum Gasteiger partial charge on any atom is -0.441 e. The molecular formula is C19H24N6O2. The summed E-state index contributed by atoms with van der Waals surface area (Å²) >= 11 is 0. The number of hydrogen-bond donors (Lipinski definition) is 2. The molecule has 142 valence electrons. The monoisotopic (exact) mass is 368 g/mol. The van der Waals surface area contributed by atoms with Crippen LogP contribution in [0.3, 0.4) is 0 Å². The number of oxazole rings is 1. The van der Waals surface area contributed by atoms with Gasteiger partial charge in [-0.3, -0.25) is 4.79 Å². The van der Waals surface area contributed by atoms with Gasteiger partial charge in [0, 0.05) is 19.0 Å². The first kappa shape index (κ1) is 17.7. The highest BCUT2D eigenvalue weighted by atomic mass is 16.3. The maximum Gasteiger partial charge on any atom is 0.273 e. The highest BCUT2D eigenvalue weighted by molar-refractivity contribution is 5.91. The van der Waals surface area contributed by atoms with Crippen LogP contribution in [0.2, 0.25) is 0 Å². The molecule has 4 rings (SSSR count). The number of nitrogens with one attached hydrogen (secondary N) is 1. The summed E-state index contributed by atoms with van der Waals surface area (Å²) in [5.74, 6) is 0.484. The van der Waals surface area contributed by atoms with E-state index in [0.717, 1.165) is 43.2 Å². The Balaban J connectivity index is 1.24. The van der Waals surface area contributed by atoms with Crippen LogP contribution in [0.15, 0.2) is 34.9 Å². The smallest absolute Gasteiger partial charge is 0.273 e. The number of carbonyl (C=O) groups is 1. The SMILES string of the molecule is NC1CCC(n2cc(C(=O)NCCCc3nc4ccccc4o3)nn2)CC1. The largest absolute Gasteiger partial charge is 0.441 e. The van der Waals surface area contributed by atoms with E-state index in [-0.39, 0.29) is 18.0 Å². The van der Waals surface area contributed by atoms with Crippen LogP contribution in [-0.4, -0.2) is 38.5 Å². The lowest BCUT2D eigenvalue weighted by atomic mass is 9.92. The predicted octanol–water partition coefficient (Wildman–Crippen LogP) is 2.22. The molecule has 1 saturated carbocycles. The van der Waals surface area contributed by atoms with Crippen molar-refractivity contribution in [3.05, 3.63) is 42.0 Å². The second-order valence-electron chi connectivity index (χ2n) is 7.09. The van der Waals surface area contributed by atoms with E-state index in [2.05, 4.69) is 20.6 Å². The number of amides is 1. The van der Waals surface area contributed by atoms with Crippen LogP contribution in [0.4, 0.5) is 0 Å². The Hall–Kier alpha value is -2.74. The Kier molecular flexibility index (Phi) is 5.15. The zero-order valence-electron chi connectivity index (χ0n) is 15.2. The third kappa shape index (κ3) is 4.16. The standard InChI is InChI=1S/C19H24N6O2/c20-13-7-9-14(10-8-13)25-12-16(23-24-25)19(26)21-11-3-6-18-22-15-4-1-2-5-17(15)27-18/h1-2,4-5,12-14H,3,6-11,20H2,(H,21,26). The fourth-order valence-corrected chi connectivity index (χ4v) is 3.48. The van der Waals surface area contributed by atoms with Gasteiger partial charge < -0.3 is 15.5 Å². The Labute approximate surface area is 157 Å². The molecule has 3 N–H and O–H groups in total. The average Bonchev–Trinajstić information content (AvgIpc) is 3.32. The van der Waals surface area contributed by atoms with Gasteiger partial charge in [-0.1, -0.05) is 17.3 Å². The van der Waals surface area contributed by atoms with Gasteiger partial charge in [0.2, 0.25) is 0 Å². The van der Waals surface area contributed by atoms with Gasteiger partial charge in [-0.25, -0.2) is 9.67 Å². The number of benzene rings is 1. The van der Waals surface area contributed by atoms with Crippen molar-refractivity contribution in [1.29, 1.82) is 0 Å². The van der Waals surface area contributed by atoms with E-state index in [9.17, 15) is 4.79 Å². The summed E-state index contributed by atoms with van der Waals surface area (Å²) in [7, 11) is 0. The Morgan fingerprint density at radius 2 is 2.07 bits per heavy atom. The topological polar surface area (TPSA) is 112 Å². The summed E-state index contributed by atoms with van der Waals surface area (Å²) in [5.41, 5.74) is 7.94. The molecule has 27 heavy (non-hydrogen) atoms. The number of nitrogens with zero attached hydrogens (tertiary/aromatic N) is 4. The van der Waals surface area contributed by atoms with Gasteiger partial charge in [0.15, 0.2) is 17.2 Å². The van der Waals surface area contributed by atoms with Gasteiger partial charge in [-0.05, 0) is 44.2 Å². The molecule has 0 bridgehead atoms. The van der Waals surface area contributed by atoms with Crippen LogP contribution in [0.25, 0.3) is 11.1 Å². The fraction of sp³-hybridized carbons (Fsp3) is 0.474. The fourth-order valence-electron chi connectivity index (χ4n) is 3.48. The molecule has 8 nitrogen and oxygen atoms in total. The normalized spacial score (nSPS) is 20.0. The molecule has 3 aromatic rings. The summed E-state index contributed by atoms with van der Waals surface area (Å²) in [4.78, 5) is 16.7.